The van der Waals surface area contributed by atoms with Crippen LogP contribution < -0.4 is 20.5 Å². The lowest BCUT2D eigenvalue weighted by Crippen LogP contribution is -2.43. The number of hydrogen-bond donors (Lipinski definition) is 2. The highest BCUT2D eigenvalue weighted by atomic mass is 35.5. The second-order valence-corrected chi connectivity index (χ2v) is 7.48. The molecule has 0 saturated heterocycles. The van der Waals surface area contributed by atoms with E-state index in [1.165, 1.54) is 13.2 Å². The molecule has 1 amide bonds. The van der Waals surface area contributed by atoms with Gasteiger partial charge in [0, 0.05) is 36.6 Å². The number of amides is 1. The lowest BCUT2D eigenvalue weighted by molar-refractivity contribution is 0.201. The maximum atomic E-state index is 11.3. The van der Waals surface area contributed by atoms with Gasteiger partial charge < -0.3 is 20.5 Å². The number of nitrogens with one attached hydrogen (secondary N) is 1. The smallest absolute Gasteiger partial charge is 0.413 e. The van der Waals surface area contributed by atoms with Crippen molar-refractivity contribution in [3.8, 4) is 22.9 Å². The Morgan fingerprint density at radius 3 is 2.70 bits per heavy atom. The third-order valence-electron chi connectivity index (χ3n) is 3.69. The fraction of sp³-hybridized carbons (Fsp3) is 0.421. The minimum absolute atomic E-state index is 0.177. The van der Waals surface area contributed by atoms with Gasteiger partial charge in [0.2, 0.25) is 11.8 Å². The Morgan fingerprint density at radius 1 is 1.33 bits per heavy atom. The quantitative estimate of drug-likeness (QED) is 0.745. The summed E-state index contributed by atoms with van der Waals surface area (Å²) in [7, 11) is 1.47. The maximum absolute atomic E-state index is 11.3. The molecule has 0 aliphatic carbocycles. The first-order valence-electron chi connectivity index (χ1n) is 8.63. The van der Waals surface area contributed by atoms with E-state index in [4.69, 9.17) is 26.8 Å². The summed E-state index contributed by atoms with van der Waals surface area (Å²) in [6.45, 7) is 6.49. The summed E-state index contributed by atoms with van der Waals surface area (Å²) in [4.78, 5) is 19.6. The topological polar surface area (TPSA) is 99.4 Å². The molecule has 1 atom stereocenters. The van der Waals surface area contributed by atoms with Gasteiger partial charge in [-0.1, -0.05) is 25.4 Å². The number of aromatic nitrogens is 2. The Labute approximate surface area is 164 Å². The molecule has 2 rings (SSSR count). The molecule has 3 N–H and O–H groups in total. The molecule has 0 fully saturated rings. The van der Waals surface area contributed by atoms with E-state index in [9.17, 15) is 4.79 Å². The van der Waals surface area contributed by atoms with E-state index in [0.29, 0.717) is 23.4 Å². The molecule has 0 bridgehead atoms. The van der Waals surface area contributed by atoms with Gasteiger partial charge in [-0.3, -0.25) is 0 Å². The first kappa shape index (κ1) is 20.9. The molecule has 7 nitrogen and oxygen atoms in total. The van der Waals surface area contributed by atoms with Crippen molar-refractivity contribution >= 4 is 17.7 Å². The Kier molecular flexibility index (Phi) is 6.98. The van der Waals surface area contributed by atoms with Crippen LogP contribution in [-0.2, 0) is 0 Å². The van der Waals surface area contributed by atoms with Crippen molar-refractivity contribution < 1.29 is 14.3 Å². The van der Waals surface area contributed by atoms with Crippen LogP contribution in [0.3, 0.4) is 0 Å². The van der Waals surface area contributed by atoms with E-state index in [-0.39, 0.29) is 5.88 Å². The summed E-state index contributed by atoms with van der Waals surface area (Å²) in [6, 6.07) is 5.13. The largest absolute Gasteiger partial charge is 0.475 e. The Morgan fingerprint density at radius 2 is 2.07 bits per heavy atom. The van der Waals surface area contributed by atoms with Crippen molar-refractivity contribution in [1.29, 1.82) is 0 Å². The lowest BCUT2D eigenvalue weighted by Gasteiger charge is -2.26. The van der Waals surface area contributed by atoms with E-state index < -0.39 is 11.6 Å². The van der Waals surface area contributed by atoms with Gasteiger partial charge in [-0.25, -0.2) is 14.8 Å². The van der Waals surface area contributed by atoms with E-state index >= 15 is 0 Å². The summed E-state index contributed by atoms with van der Waals surface area (Å²) >= 11 is 6.32. The molecule has 146 valence electrons. The van der Waals surface area contributed by atoms with Crippen molar-refractivity contribution in [1.82, 2.24) is 15.3 Å². The predicted octanol–water partition coefficient (Wildman–Crippen LogP) is 3.66. The zero-order chi connectivity index (χ0) is 20.0. The van der Waals surface area contributed by atoms with Crippen LogP contribution in [0.25, 0.3) is 11.1 Å². The lowest BCUT2D eigenvalue weighted by atomic mass is 9.93. The predicted molar refractivity (Wildman–Crippen MR) is 105 cm³/mol. The molecule has 0 aliphatic heterocycles. The average Bonchev–Trinajstić information content (AvgIpc) is 2.59. The second-order valence-electron chi connectivity index (χ2n) is 7.07. The molecular weight excluding hydrogens is 368 g/mol. The number of pyridine rings is 2. The third kappa shape index (κ3) is 6.37. The fourth-order valence-corrected chi connectivity index (χ4v) is 2.93. The van der Waals surface area contributed by atoms with Crippen LogP contribution >= 0.6 is 11.6 Å². The summed E-state index contributed by atoms with van der Waals surface area (Å²) in [5.41, 5.74) is 7.29. The van der Waals surface area contributed by atoms with Gasteiger partial charge in [0.1, 0.15) is 11.6 Å². The molecule has 0 unspecified atom stereocenters. The van der Waals surface area contributed by atoms with E-state index in [2.05, 4.69) is 29.1 Å². The SMILES string of the molecule is CNC(=O)Oc1cc(-c2cnc(OC[C@@](C)(N)CC(C)C)c(Cl)c2)ccn1. The number of carbonyl (C=O) groups excluding carboxylic acids is 1. The molecule has 2 aromatic heterocycles. The van der Waals surface area contributed by atoms with Crippen molar-refractivity contribution in [3.05, 3.63) is 35.6 Å². The molecule has 2 heterocycles. The van der Waals surface area contributed by atoms with Crippen LogP contribution in [0.5, 0.6) is 11.8 Å². The standard InChI is InChI=1S/C19H25ClN4O3/c1-12(2)9-19(3,21)11-26-17-15(20)7-14(10-24-17)13-5-6-23-16(8-13)27-18(25)22-4/h5-8,10,12H,9,11,21H2,1-4H3,(H,22,25)/t19-/m0/s1. The van der Waals surface area contributed by atoms with Crippen LogP contribution in [0.15, 0.2) is 30.6 Å². The monoisotopic (exact) mass is 392 g/mol. The van der Waals surface area contributed by atoms with Gasteiger partial charge in [0.05, 0.1) is 0 Å². The highest BCUT2D eigenvalue weighted by Crippen LogP contribution is 2.29. The van der Waals surface area contributed by atoms with Crippen molar-refractivity contribution in [2.24, 2.45) is 11.7 Å². The average molecular weight is 393 g/mol. The summed E-state index contributed by atoms with van der Waals surface area (Å²) < 4.78 is 10.8. The zero-order valence-corrected chi connectivity index (χ0v) is 16.7. The Bertz CT molecular complexity index is 796. The van der Waals surface area contributed by atoms with Gasteiger partial charge in [0.15, 0.2) is 0 Å². The summed E-state index contributed by atoms with van der Waals surface area (Å²) in [5.74, 6) is 0.972. The van der Waals surface area contributed by atoms with Crippen molar-refractivity contribution in [2.45, 2.75) is 32.7 Å². The molecular formula is C19H25ClN4O3. The number of carbonyl (C=O) groups is 1. The molecule has 0 radical (unpaired) electrons. The minimum Gasteiger partial charge on any atom is -0.475 e. The molecule has 27 heavy (non-hydrogen) atoms. The first-order chi connectivity index (χ1) is 12.7. The van der Waals surface area contributed by atoms with Gasteiger partial charge in [-0.15, -0.1) is 0 Å². The molecule has 0 aliphatic rings. The number of nitrogens with two attached hydrogens (primary N) is 1. The van der Waals surface area contributed by atoms with E-state index in [1.54, 1.807) is 24.4 Å². The normalized spacial score (nSPS) is 13.1. The third-order valence-corrected chi connectivity index (χ3v) is 3.96. The van der Waals surface area contributed by atoms with Crippen molar-refractivity contribution in [2.75, 3.05) is 13.7 Å². The van der Waals surface area contributed by atoms with E-state index in [1.807, 2.05) is 6.92 Å². The van der Waals surface area contributed by atoms with Gasteiger partial charge in [-0.05, 0) is 37.0 Å². The van der Waals surface area contributed by atoms with E-state index in [0.717, 1.165) is 17.5 Å². The zero-order valence-electron chi connectivity index (χ0n) is 16.0. The molecule has 2 aromatic rings. The molecule has 0 spiro atoms. The number of nitrogens with zero attached hydrogens (tertiary/aromatic N) is 2. The van der Waals surface area contributed by atoms with Crippen molar-refractivity contribution in [3.63, 3.8) is 0 Å². The van der Waals surface area contributed by atoms with Crippen LogP contribution in [0.2, 0.25) is 5.02 Å². The number of halogens is 1. The minimum atomic E-state index is -0.592. The molecule has 0 saturated carbocycles. The van der Waals surface area contributed by atoms with Gasteiger partial charge >= 0.3 is 6.09 Å². The molecule has 8 heteroatoms. The highest BCUT2D eigenvalue weighted by Gasteiger charge is 2.22. The fourth-order valence-electron chi connectivity index (χ4n) is 2.71. The summed E-state index contributed by atoms with van der Waals surface area (Å²) in [5, 5.41) is 2.74. The first-order valence-corrected chi connectivity index (χ1v) is 9.01. The maximum Gasteiger partial charge on any atom is 0.413 e. The second kappa shape index (κ2) is 9.01. The molecule has 0 aromatic carbocycles. The van der Waals surface area contributed by atoms with Crippen LogP contribution in [-0.4, -0.2) is 35.3 Å². The Hall–Kier alpha value is -2.38. The van der Waals surface area contributed by atoms with Gasteiger partial charge in [-0.2, -0.15) is 0 Å². The van der Waals surface area contributed by atoms with Crippen LogP contribution in [0, 0.1) is 5.92 Å². The Balaban J connectivity index is 2.12. The number of rotatable bonds is 7. The highest BCUT2D eigenvalue weighted by molar-refractivity contribution is 6.32. The van der Waals surface area contributed by atoms with Gasteiger partial charge in [0.25, 0.3) is 0 Å². The van der Waals surface area contributed by atoms with Crippen LogP contribution in [0.1, 0.15) is 27.2 Å². The number of hydrogen-bond acceptors (Lipinski definition) is 6. The number of ether oxygens (including phenoxy) is 2. The summed E-state index contributed by atoms with van der Waals surface area (Å²) in [6.07, 6.45) is 3.41. The van der Waals surface area contributed by atoms with Crippen LogP contribution in [0.4, 0.5) is 4.79 Å².